The average molecular weight is 492 g/mol. The lowest BCUT2D eigenvalue weighted by Gasteiger charge is -2.25. The Balaban J connectivity index is 1.35. The third-order valence-electron chi connectivity index (χ3n) is 6.30. The highest BCUT2D eigenvalue weighted by atomic mass is 32.1. The number of hydrogen-bond acceptors (Lipinski definition) is 7. The molecule has 0 radical (unpaired) electrons. The summed E-state index contributed by atoms with van der Waals surface area (Å²) in [5.74, 6) is 0.899. The Labute approximate surface area is 208 Å². The normalized spacial score (nSPS) is 17.1. The predicted octanol–water partition coefficient (Wildman–Crippen LogP) is 3.54. The lowest BCUT2D eigenvalue weighted by atomic mass is 10.2. The molecule has 1 aliphatic heterocycles. The van der Waals surface area contributed by atoms with Crippen LogP contribution in [0.3, 0.4) is 0 Å². The fraction of sp³-hybridized carbons (Fsp3) is 0.346. The van der Waals surface area contributed by atoms with Gasteiger partial charge in [-0.1, -0.05) is 12.1 Å². The van der Waals surface area contributed by atoms with Crippen LogP contribution >= 0.6 is 11.3 Å². The number of carbonyl (C=O) groups excluding carboxylic acids is 1. The standard InChI is InChI=1S/C26H29N5O3S/c1-19-24(31-11-12-35-26(31)28-19)16-29-14-23(34-18-21-7-9-27-10-8-21)15-30(25(32)17-29)13-20-3-5-22(33-2)6-4-20/h3-12,23H,13-18H2,1-2H3/t23-/m1/s1. The highest BCUT2D eigenvalue weighted by Crippen LogP contribution is 2.21. The summed E-state index contributed by atoms with van der Waals surface area (Å²) in [6.45, 7) is 5.21. The van der Waals surface area contributed by atoms with Crippen molar-refractivity contribution in [3.8, 4) is 5.75 Å². The van der Waals surface area contributed by atoms with Crippen molar-refractivity contribution in [1.82, 2.24) is 24.2 Å². The molecule has 1 atom stereocenters. The molecule has 35 heavy (non-hydrogen) atoms. The van der Waals surface area contributed by atoms with Crippen LogP contribution in [0.5, 0.6) is 5.75 Å². The molecule has 0 saturated carbocycles. The molecule has 8 nitrogen and oxygen atoms in total. The van der Waals surface area contributed by atoms with Crippen LogP contribution in [0.25, 0.3) is 4.96 Å². The summed E-state index contributed by atoms with van der Waals surface area (Å²) < 4.78 is 13.7. The van der Waals surface area contributed by atoms with Crippen molar-refractivity contribution in [2.45, 2.75) is 32.7 Å². The van der Waals surface area contributed by atoms with Crippen LogP contribution in [0, 0.1) is 6.92 Å². The molecule has 182 valence electrons. The van der Waals surface area contributed by atoms with E-state index in [1.165, 1.54) is 0 Å². The molecule has 0 N–H and O–H groups in total. The predicted molar refractivity (Wildman–Crippen MR) is 134 cm³/mol. The van der Waals surface area contributed by atoms with Crippen LogP contribution in [0.4, 0.5) is 0 Å². The number of methoxy groups -OCH3 is 1. The fourth-order valence-corrected chi connectivity index (χ4v) is 5.19. The van der Waals surface area contributed by atoms with Crippen molar-refractivity contribution >= 4 is 22.2 Å². The van der Waals surface area contributed by atoms with E-state index in [0.717, 1.165) is 33.2 Å². The summed E-state index contributed by atoms with van der Waals surface area (Å²) in [4.78, 5) is 27.2. The third kappa shape index (κ3) is 5.53. The van der Waals surface area contributed by atoms with Gasteiger partial charge in [0, 0.05) is 50.1 Å². The maximum Gasteiger partial charge on any atom is 0.237 e. The first-order chi connectivity index (χ1) is 17.1. The van der Waals surface area contributed by atoms with Gasteiger partial charge in [-0.2, -0.15) is 0 Å². The zero-order valence-corrected chi connectivity index (χ0v) is 20.8. The molecular weight excluding hydrogens is 462 g/mol. The second-order valence-corrected chi connectivity index (χ2v) is 9.65. The van der Waals surface area contributed by atoms with E-state index in [-0.39, 0.29) is 12.0 Å². The van der Waals surface area contributed by atoms with E-state index in [1.54, 1.807) is 30.8 Å². The number of carbonyl (C=O) groups is 1. The molecule has 9 heteroatoms. The largest absolute Gasteiger partial charge is 0.497 e. The Kier molecular flexibility index (Phi) is 7.08. The van der Waals surface area contributed by atoms with Crippen molar-refractivity contribution in [3.05, 3.63) is 82.9 Å². The lowest BCUT2D eigenvalue weighted by Crippen LogP contribution is -2.37. The Morgan fingerprint density at radius 1 is 1.06 bits per heavy atom. The maximum atomic E-state index is 13.4. The second kappa shape index (κ2) is 10.6. The molecule has 0 aliphatic carbocycles. The molecule has 1 aromatic carbocycles. The first-order valence-corrected chi connectivity index (χ1v) is 12.5. The summed E-state index contributed by atoms with van der Waals surface area (Å²) in [7, 11) is 1.65. The van der Waals surface area contributed by atoms with E-state index in [9.17, 15) is 4.79 Å². The number of thiazole rings is 1. The summed E-state index contributed by atoms with van der Waals surface area (Å²) in [6.07, 6.45) is 5.46. The number of aryl methyl sites for hydroxylation is 1. The van der Waals surface area contributed by atoms with Crippen molar-refractivity contribution < 1.29 is 14.3 Å². The SMILES string of the molecule is COc1ccc(CN2C[C@H](OCc3ccncc3)CN(Cc3c(C)nc4sccn34)CC2=O)cc1. The van der Waals surface area contributed by atoms with Gasteiger partial charge in [0.25, 0.3) is 0 Å². The molecule has 1 saturated heterocycles. The van der Waals surface area contributed by atoms with E-state index >= 15 is 0 Å². The van der Waals surface area contributed by atoms with Crippen LogP contribution in [-0.4, -0.2) is 62.9 Å². The summed E-state index contributed by atoms with van der Waals surface area (Å²) >= 11 is 1.62. The minimum absolute atomic E-state index is 0.0968. The number of pyridine rings is 1. The number of ether oxygens (including phenoxy) is 2. The van der Waals surface area contributed by atoms with Crippen molar-refractivity contribution in [3.63, 3.8) is 0 Å². The lowest BCUT2D eigenvalue weighted by molar-refractivity contribution is -0.132. The molecule has 1 aliphatic rings. The molecule has 0 spiro atoms. The Morgan fingerprint density at radius 3 is 2.63 bits per heavy atom. The third-order valence-corrected chi connectivity index (χ3v) is 7.06. The Morgan fingerprint density at radius 2 is 1.86 bits per heavy atom. The van der Waals surface area contributed by atoms with E-state index in [2.05, 4.69) is 19.3 Å². The molecule has 1 fully saturated rings. The number of fused-ring (bicyclic) bond motifs is 1. The first kappa shape index (κ1) is 23.5. The number of aromatic nitrogens is 3. The zero-order valence-electron chi connectivity index (χ0n) is 20.0. The first-order valence-electron chi connectivity index (χ1n) is 11.6. The molecule has 3 aromatic heterocycles. The van der Waals surface area contributed by atoms with E-state index in [1.807, 2.05) is 59.8 Å². The van der Waals surface area contributed by atoms with Crippen molar-refractivity contribution in [1.29, 1.82) is 0 Å². The summed E-state index contributed by atoms with van der Waals surface area (Å²) in [6, 6.07) is 11.8. The quantitative estimate of drug-likeness (QED) is 0.376. The van der Waals surface area contributed by atoms with E-state index < -0.39 is 0 Å². The topological polar surface area (TPSA) is 72.2 Å². The maximum absolute atomic E-state index is 13.4. The minimum Gasteiger partial charge on any atom is -0.497 e. The second-order valence-electron chi connectivity index (χ2n) is 8.78. The Hall–Kier alpha value is -3.27. The monoisotopic (exact) mass is 491 g/mol. The van der Waals surface area contributed by atoms with Crippen LogP contribution in [0.1, 0.15) is 22.5 Å². The highest BCUT2D eigenvalue weighted by molar-refractivity contribution is 7.15. The van der Waals surface area contributed by atoms with Crippen molar-refractivity contribution in [2.24, 2.45) is 0 Å². The van der Waals surface area contributed by atoms with Gasteiger partial charge in [-0.15, -0.1) is 11.3 Å². The number of rotatable bonds is 8. The molecule has 1 amide bonds. The number of nitrogens with zero attached hydrogens (tertiary/aromatic N) is 5. The smallest absolute Gasteiger partial charge is 0.237 e. The summed E-state index contributed by atoms with van der Waals surface area (Å²) in [5.41, 5.74) is 4.24. The van der Waals surface area contributed by atoms with Gasteiger partial charge in [0.1, 0.15) is 5.75 Å². The van der Waals surface area contributed by atoms with Crippen LogP contribution in [0.15, 0.2) is 60.4 Å². The van der Waals surface area contributed by atoms with Crippen LogP contribution in [0.2, 0.25) is 0 Å². The number of hydrogen-bond donors (Lipinski definition) is 0. The van der Waals surface area contributed by atoms with Gasteiger partial charge < -0.3 is 14.4 Å². The van der Waals surface area contributed by atoms with E-state index in [4.69, 9.17) is 9.47 Å². The average Bonchev–Trinajstić information content (AvgIpc) is 3.40. The molecule has 4 heterocycles. The summed E-state index contributed by atoms with van der Waals surface area (Å²) in [5, 5.41) is 2.04. The molecular formula is C26H29N5O3S. The van der Waals surface area contributed by atoms with Gasteiger partial charge in [-0.05, 0) is 42.3 Å². The van der Waals surface area contributed by atoms with E-state index in [0.29, 0.717) is 39.3 Å². The molecule has 0 unspecified atom stereocenters. The van der Waals surface area contributed by atoms with Crippen LogP contribution in [-0.2, 0) is 29.2 Å². The number of amides is 1. The van der Waals surface area contributed by atoms with Crippen molar-refractivity contribution in [2.75, 3.05) is 26.7 Å². The Bertz CT molecular complexity index is 1270. The fourth-order valence-electron chi connectivity index (χ4n) is 4.42. The number of benzene rings is 1. The van der Waals surface area contributed by atoms with Gasteiger partial charge >= 0.3 is 0 Å². The van der Waals surface area contributed by atoms with Gasteiger partial charge in [0.2, 0.25) is 5.91 Å². The zero-order chi connectivity index (χ0) is 24.2. The van der Waals surface area contributed by atoms with Gasteiger partial charge in [-0.3, -0.25) is 19.1 Å². The van der Waals surface area contributed by atoms with Gasteiger partial charge in [-0.25, -0.2) is 4.98 Å². The van der Waals surface area contributed by atoms with Crippen LogP contribution < -0.4 is 4.74 Å². The highest BCUT2D eigenvalue weighted by Gasteiger charge is 2.29. The molecule has 4 aromatic rings. The minimum atomic E-state index is -0.126. The van der Waals surface area contributed by atoms with Gasteiger partial charge in [0.15, 0.2) is 4.96 Å². The molecule has 0 bridgehead atoms. The molecule has 5 rings (SSSR count). The van der Waals surface area contributed by atoms with Gasteiger partial charge in [0.05, 0.1) is 37.8 Å². The number of imidazole rings is 1.